The second-order valence-corrected chi connectivity index (χ2v) is 4.98. The van der Waals surface area contributed by atoms with Crippen LogP contribution in [0.4, 0.5) is 0 Å². The summed E-state index contributed by atoms with van der Waals surface area (Å²) in [6, 6.07) is 18.2. The highest BCUT2D eigenvalue weighted by atomic mass is 16.6. The smallest absolute Gasteiger partial charge is 0.206 e. The molecular formula is C16H16O2. The fourth-order valence-corrected chi connectivity index (χ4v) is 2.61. The van der Waals surface area contributed by atoms with Crippen LogP contribution in [0.5, 0.6) is 5.75 Å². The minimum absolute atomic E-state index is 0.186. The first-order valence-electron chi connectivity index (χ1n) is 6.21. The van der Waals surface area contributed by atoms with Gasteiger partial charge in [0.25, 0.3) is 0 Å². The minimum atomic E-state index is -1.10. The van der Waals surface area contributed by atoms with Crippen LogP contribution in [0.3, 0.4) is 0 Å². The summed E-state index contributed by atoms with van der Waals surface area (Å²) < 4.78 is 5.63. The molecule has 0 radical (unpaired) electrons. The third kappa shape index (κ3) is 2.00. The van der Waals surface area contributed by atoms with Crippen molar-refractivity contribution in [2.45, 2.75) is 25.0 Å². The van der Waals surface area contributed by atoms with Crippen molar-refractivity contribution in [1.29, 1.82) is 0 Å². The number of aliphatic hydroxyl groups is 1. The van der Waals surface area contributed by atoms with E-state index in [1.165, 1.54) is 5.56 Å². The topological polar surface area (TPSA) is 29.5 Å². The zero-order valence-electron chi connectivity index (χ0n) is 10.3. The maximum atomic E-state index is 10.2. The summed E-state index contributed by atoms with van der Waals surface area (Å²) in [5.41, 5.74) is 2.36. The molecule has 18 heavy (non-hydrogen) atoms. The lowest BCUT2D eigenvalue weighted by molar-refractivity contribution is -0.137. The molecule has 1 aliphatic rings. The van der Waals surface area contributed by atoms with Crippen LogP contribution in [0.2, 0.25) is 0 Å². The first kappa shape index (κ1) is 11.3. The summed E-state index contributed by atoms with van der Waals surface area (Å²) in [5, 5.41) is 10.2. The van der Waals surface area contributed by atoms with Crippen LogP contribution < -0.4 is 4.74 Å². The van der Waals surface area contributed by atoms with Gasteiger partial charge in [-0.25, -0.2) is 0 Å². The molecule has 0 aromatic heterocycles. The van der Waals surface area contributed by atoms with Crippen LogP contribution in [-0.4, -0.2) is 10.9 Å². The van der Waals surface area contributed by atoms with E-state index in [0.717, 1.165) is 11.3 Å². The number of rotatable bonds is 1. The average Bonchev–Trinajstić information content (AvgIpc) is 2.38. The minimum Gasteiger partial charge on any atom is -0.463 e. The standard InChI is InChI=1S/C16H16O2/c1-16(17)11-14(12-7-3-2-4-8-12)13-9-5-6-10-15(13)18-16/h2-10,14,17H,11H2,1H3. The maximum Gasteiger partial charge on any atom is 0.206 e. The van der Waals surface area contributed by atoms with Crippen molar-refractivity contribution < 1.29 is 9.84 Å². The van der Waals surface area contributed by atoms with Crippen molar-refractivity contribution in [2.75, 3.05) is 0 Å². The lowest BCUT2D eigenvalue weighted by Gasteiger charge is -2.36. The van der Waals surface area contributed by atoms with Crippen LogP contribution in [0.25, 0.3) is 0 Å². The van der Waals surface area contributed by atoms with Crippen molar-refractivity contribution in [3.63, 3.8) is 0 Å². The molecule has 2 atom stereocenters. The predicted molar refractivity (Wildman–Crippen MR) is 70.6 cm³/mol. The molecule has 2 aromatic carbocycles. The Morgan fingerprint density at radius 1 is 1.06 bits per heavy atom. The summed E-state index contributed by atoms with van der Waals surface area (Å²) in [7, 11) is 0. The summed E-state index contributed by atoms with van der Waals surface area (Å²) in [5.74, 6) is -0.136. The summed E-state index contributed by atoms with van der Waals surface area (Å²) in [4.78, 5) is 0. The third-order valence-electron chi connectivity index (χ3n) is 3.41. The first-order valence-corrected chi connectivity index (χ1v) is 6.21. The lowest BCUT2D eigenvalue weighted by atomic mass is 9.83. The van der Waals surface area contributed by atoms with Crippen LogP contribution in [0.15, 0.2) is 54.6 Å². The number of hydrogen-bond acceptors (Lipinski definition) is 2. The largest absolute Gasteiger partial charge is 0.463 e. The Labute approximate surface area is 107 Å². The van der Waals surface area contributed by atoms with Gasteiger partial charge in [-0.15, -0.1) is 0 Å². The predicted octanol–water partition coefficient (Wildman–Crippen LogP) is 3.31. The van der Waals surface area contributed by atoms with Crippen molar-refractivity contribution in [2.24, 2.45) is 0 Å². The molecule has 2 unspecified atom stereocenters. The van der Waals surface area contributed by atoms with Crippen molar-refractivity contribution in [1.82, 2.24) is 0 Å². The number of benzene rings is 2. The monoisotopic (exact) mass is 240 g/mol. The van der Waals surface area contributed by atoms with Crippen molar-refractivity contribution in [3.05, 3.63) is 65.7 Å². The van der Waals surface area contributed by atoms with Gasteiger partial charge >= 0.3 is 0 Å². The zero-order chi connectivity index (χ0) is 12.6. The van der Waals surface area contributed by atoms with Gasteiger partial charge in [0.1, 0.15) is 5.75 Å². The van der Waals surface area contributed by atoms with Crippen LogP contribution in [0, 0.1) is 0 Å². The molecule has 1 heterocycles. The molecule has 2 heteroatoms. The van der Waals surface area contributed by atoms with Crippen LogP contribution in [-0.2, 0) is 0 Å². The number of hydrogen-bond donors (Lipinski definition) is 1. The van der Waals surface area contributed by atoms with Crippen molar-refractivity contribution >= 4 is 0 Å². The molecule has 0 saturated heterocycles. The normalized spacial score (nSPS) is 26.2. The Hall–Kier alpha value is -1.80. The Kier molecular flexibility index (Phi) is 2.60. The molecule has 2 nitrogen and oxygen atoms in total. The molecule has 2 aromatic rings. The summed E-state index contributed by atoms with van der Waals surface area (Å²) >= 11 is 0. The summed E-state index contributed by atoms with van der Waals surface area (Å²) in [6.45, 7) is 1.72. The van der Waals surface area contributed by atoms with Gasteiger partial charge in [0.15, 0.2) is 0 Å². The lowest BCUT2D eigenvalue weighted by Crippen LogP contribution is -2.37. The Balaban J connectivity index is 2.10. The highest BCUT2D eigenvalue weighted by molar-refractivity contribution is 5.44. The highest BCUT2D eigenvalue weighted by Gasteiger charge is 2.35. The number of fused-ring (bicyclic) bond motifs is 1. The average molecular weight is 240 g/mol. The van der Waals surface area contributed by atoms with E-state index >= 15 is 0 Å². The molecule has 0 bridgehead atoms. The quantitative estimate of drug-likeness (QED) is 0.828. The maximum absolute atomic E-state index is 10.2. The molecule has 0 aliphatic carbocycles. The van der Waals surface area contributed by atoms with E-state index in [1.54, 1.807) is 6.92 Å². The SMILES string of the molecule is CC1(O)CC(c2ccccc2)c2ccccc2O1. The van der Waals surface area contributed by atoms with Crippen LogP contribution >= 0.6 is 0 Å². The summed E-state index contributed by atoms with van der Waals surface area (Å²) in [6.07, 6.45) is 0.577. The molecular weight excluding hydrogens is 224 g/mol. The van der Waals surface area contributed by atoms with E-state index in [1.807, 2.05) is 36.4 Å². The van der Waals surface area contributed by atoms with E-state index in [4.69, 9.17) is 4.74 Å². The van der Waals surface area contributed by atoms with E-state index in [-0.39, 0.29) is 5.92 Å². The molecule has 0 spiro atoms. The highest BCUT2D eigenvalue weighted by Crippen LogP contribution is 2.42. The molecule has 1 aliphatic heterocycles. The van der Waals surface area contributed by atoms with Gasteiger partial charge in [-0.2, -0.15) is 0 Å². The molecule has 0 saturated carbocycles. The van der Waals surface area contributed by atoms with E-state index in [0.29, 0.717) is 6.42 Å². The Bertz CT molecular complexity index is 546. The van der Waals surface area contributed by atoms with E-state index < -0.39 is 5.79 Å². The fraction of sp³-hybridized carbons (Fsp3) is 0.250. The van der Waals surface area contributed by atoms with Gasteiger partial charge in [-0.3, -0.25) is 0 Å². The third-order valence-corrected chi connectivity index (χ3v) is 3.41. The van der Waals surface area contributed by atoms with Gasteiger partial charge in [-0.1, -0.05) is 48.5 Å². The second kappa shape index (κ2) is 4.14. The van der Waals surface area contributed by atoms with Gasteiger partial charge in [0.05, 0.1) is 0 Å². The van der Waals surface area contributed by atoms with Crippen molar-refractivity contribution in [3.8, 4) is 5.75 Å². The molecule has 0 amide bonds. The number of para-hydroxylation sites is 1. The molecule has 0 fully saturated rings. The first-order chi connectivity index (χ1) is 8.66. The second-order valence-electron chi connectivity index (χ2n) is 4.98. The van der Waals surface area contributed by atoms with Gasteiger partial charge in [0.2, 0.25) is 5.79 Å². The van der Waals surface area contributed by atoms with Gasteiger partial charge in [0, 0.05) is 24.8 Å². The Morgan fingerprint density at radius 3 is 2.50 bits per heavy atom. The van der Waals surface area contributed by atoms with Crippen LogP contribution in [0.1, 0.15) is 30.4 Å². The Morgan fingerprint density at radius 2 is 1.72 bits per heavy atom. The zero-order valence-corrected chi connectivity index (χ0v) is 10.3. The molecule has 92 valence electrons. The van der Waals surface area contributed by atoms with Gasteiger partial charge in [-0.05, 0) is 11.6 Å². The van der Waals surface area contributed by atoms with E-state index in [9.17, 15) is 5.11 Å². The van der Waals surface area contributed by atoms with E-state index in [2.05, 4.69) is 18.2 Å². The molecule has 3 rings (SSSR count). The fourth-order valence-electron chi connectivity index (χ4n) is 2.61. The number of ether oxygens (including phenoxy) is 1. The molecule has 1 N–H and O–H groups in total. The van der Waals surface area contributed by atoms with Gasteiger partial charge < -0.3 is 9.84 Å².